The van der Waals surface area contributed by atoms with E-state index < -0.39 is 0 Å². The normalized spacial score (nSPS) is 14.4. The Bertz CT molecular complexity index is 1080. The molecule has 0 unspecified atom stereocenters. The van der Waals surface area contributed by atoms with Gasteiger partial charge in [-0.2, -0.15) is 0 Å². The predicted octanol–water partition coefficient (Wildman–Crippen LogP) is 4.51. The Morgan fingerprint density at radius 2 is 1.79 bits per heavy atom. The Morgan fingerprint density at radius 1 is 1.10 bits per heavy atom. The lowest BCUT2D eigenvalue weighted by Gasteiger charge is -2.18. The van der Waals surface area contributed by atoms with Gasteiger partial charge < -0.3 is 4.90 Å². The Labute approximate surface area is 174 Å². The summed E-state index contributed by atoms with van der Waals surface area (Å²) < 4.78 is 1.92. The van der Waals surface area contributed by atoms with Crippen molar-refractivity contribution in [1.29, 1.82) is 0 Å². The maximum Gasteiger partial charge on any atom is 0.262 e. The van der Waals surface area contributed by atoms with E-state index in [-0.39, 0.29) is 17.5 Å². The first-order valence-corrected chi connectivity index (χ1v) is 11.0. The smallest absolute Gasteiger partial charge is 0.262 e. The number of hydrogen-bond acceptors (Lipinski definition) is 4. The molecule has 0 spiro atoms. The van der Waals surface area contributed by atoms with Crippen LogP contribution in [-0.4, -0.2) is 34.5 Å². The quantitative estimate of drug-likeness (QED) is 0.461. The highest BCUT2D eigenvalue weighted by Crippen LogP contribution is 2.33. The van der Waals surface area contributed by atoms with E-state index in [1.165, 1.54) is 0 Å². The van der Waals surface area contributed by atoms with E-state index in [1.54, 1.807) is 30.8 Å². The van der Waals surface area contributed by atoms with Crippen LogP contribution in [0.3, 0.4) is 0 Å². The number of thioether (sulfide) groups is 1. The summed E-state index contributed by atoms with van der Waals surface area (Å²) in [5.41, 5.74) is 2.60. The van der Waals surface area contributed by atoms with Crippen LogP contribution in [0.2, 0.25) is 0 Å². The first-order valence-electron chi connectivity index (χ1n) is 9.99. The second kappa shape index (κ2) is 8.41. The van der Waals surface area contributed by atoms with Crippen LogP contribution in [0.5, 0.6) is 0 Å². The standard InChI is InChI=1S/C23H25N3O2S/c1-25(2)21(27)17-13-11-16(12-14-17)15-29-23-24-20-10-6-5-9-19(20)22(28)26(23)18-7-3-4-8-18/h5-6,9-14,18H,3-4,7-8,15H2,1-2H3. The van der Waals surface area contributed by atoms with E-state index in [1.807, 2.05) is 53.1 Å². The molecule has 3 aromatic rings. The maximum absolute atomic E-state index is 13.2. The summed E-state index contributed by atoms with van der Waals surface area (Å²) in [6.07, 6.45) is 4.40. The van der Waals surface area contributed by atoms with E-state index in [2.05, 4.69) is 0 Å². The van der Waals surface area contributed by atoms with Crippen molar-refractivity contribution in [1.82, 2.24) is 14.5 Å². The molecule has 0 bridgehead atoms. The average molecular weight is 408 g/mol. The number of rotatable bonds is 5. The highest BCUT2D eigenvalue weighted by Gasteiger charge is 2.23. The number of hydrogen-bond donors (Lipinski definition) is 0. The van der Waals surface area contributed by atoms with Crippen molar-refractivity contribution in [3.63, 3.8) is 0 Å². The van der Waals surface area contributed by atoms with Gasteiger partial charge >= 0.3 is 0 Å². The molecule has 2 aromatic carbocycles. The van der Waals surface area contributed by atoms with E-state index in [0.29, 0.717) is 16.7 Å². The highest BCUT2D eigenvalue weighted by atomic mass is 32.2. The first-order chi connectivity index (χ1) is 14.0. The molecular formula is C23H25N3O2S. The molecule has 0 N–H and O–H groups in total. The zero-order valence-electron chi connectivity index (χ0n) is 16.8. The summed E-state index contributed by atoms with van der Waals surface area (Å²) in [6.45, 7) is 0. The maximum atomic E-state index is 13.2. The minimum absolute atomic E-state index is 0.00419. The monoisotopic (exact) mass is 407 g/mol. The van der Waals surface area contributed by atoms with E-state index in [4.69, 9.17) is 4.98 Å². The van der Waals surface area contributed by atoms with Gasteiger partial charge in [-0.1, -0.05) is 48.9 Å². The molecule has 1 amide bonds. The molecule has 0 radical (unpaired) electrons. The summed E-state index contributed by atoms with van der Waals surface area (Å²) >= 11 is 1.59. The third-order valence-electron chi connectivity index (χ3n) is 5.44. The van der Waals surface area contributed by atoms with Gasteiger partial charge in [0.25, 0.3) is 11.5 Å². The van der Waals surface area contributed by atoms with Crippen LogP contribution in [0.1, 0.15) is 47.6 Å². The van der Waals surface area contributed by atoms with E-state index in [0.717, 1.165) is 41.9 Å². The van der Waals surface area contributed by atoms with Gasteiger partial charge in [-0.15, -0.1) is 0 Å². The van der Waals surface area contributed by atoms with Crippen LogP contribution >= 0.6 is 11.8 Å². The van der Waals surface area contributed by atoms with Gasteiger partial charge in [0.1, 0.15) is 0 Å². The van der Waals surface area contributed by atoms with Crippen LogP contribution in [-0.2, 0) is 5.75 Å². The molecular weight excluding hydrogens is 382 g/mol. The SMILES string of the molecule is CN(C)C(=O)c1ccc(CSc2nc3ccccc3c(=O)n2C2CCCC2)cc1. The number of benzene rings is 2. The molecule has 29 heavy (non-hydrogen) atoms. The summed E-state index contributed by atoms with van der Waals surface area (Å²) in [5.74, 6) is 0.698. The van der Waals surface area contributed by atoms with Gasteiger partial charge in [0, 0.05) is 31.5 Å². The first kappa shape index (κ1) is 19.7. The molecule has 150 valence electrons. The Balaban J connectivity index is 1.62. The van der Waals surface area contributed by atoms with Crippen molar-refractivity contribution >= 4 is 28.6 Å². The number of amides is 1. The van der Waals surface area contributed by atoms with Crippen LogP contribution in [0.15, 0.2) is 58.5 Å². The molecule has 0 saturated heterocycles. The number of carbonyl (C=O) groups excluding carboxylic acids is 1. The van der Waals surface area contributed by atoms with Crippen molar-refractivity contribution < 1.29 is 4.79 Å². The van der Waals surface area contributed by atoms with Crippen LogP contribution in [0.4, 0.5) is 0 Å². The summed E-state index contributed by atoms with van der Waals surface area (Å²) in [5, 5.41) is 1.48. The lowest BCUT2D eigenvalue weighted by Crippen LogP contribution is -2.26. The zero-order valence-corrected chi connectivity index (χ0v) is 17.6. The van der Waals surface area contributed by atoms with Crippen molar-refractivity contribution in [3.05, 3.63) is 70.0 Å². The number of para-hydroxylation sites is 1. The Kier molecular flexibility index (Phi) is 5.72. The molecule has 1 saturated carbocycles. The molecule has 0 atom stereocenters. The van der Waals surface area contributed by atoms with Crippen molar-refractivity contribution in [2.75, 3.05) is 14.1 Å². The number of aromatic nitrogens is 2. The Morgan fingerprint density at radius 3 is 2.48 bits per heavy atom. The van der Waals surface area contributed by atoms with Gasteiger partial charge in [0.15, 0.2) is 5.16 Å². The molecule has 5 nitrogen and oxygen atoms in total. The second-order valence-corrected chi connectivity index (χ2v) is 8.65. The van der Waals surface area contributed by atoms with Gasteiger partial charge in [0.05, 0.1) is 10.9 Å². The van der Waals surface area contributed by atoms with Gasteiger partial charge in [-0.05, 0) is 42.7 Å². The minimum Gasteiger partial charge on any atom is -0.345 e. The molecule has 1 fully saturated rings. The van der Waals surface area contributed by atoms with Gasteiger partial charge in [-0.25, -0.2) is 4.98 Å². The number of carbonyl (C=O) groups is 1. The lowest BCUT2D eigenvalue weighted by molar-refractivity contribution is 0.0827. The molecule has 1 aromatic heterocycles. The molecule has 6 heteroatoms. The zero-order chi connectivity index (χ0) is 20.4. The topological polar surface area (TPSA) is 55.2 Å². The number of nitrogens with zero attached hydrogens (tertiary/aromatic N) is 3. The predicted molar refractivity (Wildman–Crippen MR) is 118 cm³/mol. The third-order valence-corrected chi connectivity index (χ3v) is 6.46. The van der Waals surface area contributed by atoms with Crippen LogP contribution in [0, 0.1) is 0 Å². The fraction of sp³-hybridized carbons (Fsp3) is 0.348. The molecule has 4 rings (SSSR count). The fourth-order valence-corrected chi connectivity index (χ4v) is 4.88. The highest BCUT2D eigenvalue weighted by molar-refractivity contribution is 7.98. The van der Waals surface area contributed by atoms with E-state index >= 15 is 0 Å². The number of fused-ring (bicyclic) bond motifs is 1. The summed E-state index contributed by atoms with van der Waals surface area (Å²) in [6, 6.07) is 15.5. The van der Waals surface area contributed by atoms with Crippen molar-refractivity contribution in [3.8, 4) is 0 Å². The fourth-order valence-electron chi connectivity index (χ4n) is 3.86. The lowest BCUT2D eigenvalue weighted by atomic mass is 10.1. The summed E-state index contributed by atoms with van der Waals surface area (Å²) in [4.78, 5) is 31.7. The molecule has 1 heterocycles. The van der Waals surface area contributed by atoms with Crippen LogP contribution in [0.25, 0.3) is 10.9 Å². The minimum atomic E-state index is -0.00419. The van der Waals surface area contributed by atoms with Crippen molar-refractivity contribution in [2.24, 2.45) is 0 Å². The molecule has 1 aliphatic carbocycles. The molecule has 1 aliphatic rings. The van der Waals surface area contributed by atoms with Gasteiger partial charge in [0.2, 0.25) is 0 Å². The average Bonchev–Trinajstić information content (AvgIpc) is 3.26. The second-order valence-electron chi connectivity index (χ2n) is 7.71. The Hall–Kier alpha value is -2.60. The van der Waals surface area contributed by atoms with Crippen LogP contribution < -0.4 is 5.56 Å². The van der Waals surface area contributed by atoms with E-state index in [9.17, 15) is 9.59 Å². The van der Waals surface area contributed by atoms with Gasteiger partial charge in [-0.3, -0.25) is 14.2 Å². The molecule has 0 aliphatic heterocycles. The van der Waals surface area contributed by atoms with Crippen molar-refractivity contribution in [2.45, 2.75) is 42.6 Å². The summed E-state index contributed by atoms with van der Waals surface area (Å²) in [7, 11) is 3.50. The largest absolute Gasteiger partial charge is 0.345 e. The third kappa shape index (κ3) is 4.08.